The number of rotatable bonds is 3. The lowest BCUT2D eigenvalue weighted by molar-refractivity contribution is 0.101. The van der Waals surface area contributed by atoms with E-state index in [2.05, 4.69) is 31.4 Å². The highest BCUT2D eigenvalue weighted by atomic mass is 16.2. The van der Waals surface area contributed by atoms with Crippen LogP contribution in [0.1, 0.15) is 45.0 Å². The second-order valence-corrected chi connectivity index (χ2v) is 5.81. The van der Waals surface area contributed by atoms with E-state index < -0.39 is 0 Å². The zero-order chi connectivity index (χ0) is 15.3. The molecule has 0 atom stereocenters. The van der Waals surface area contributed by atoms with E-state index in [0.717, 1.165) is 5.57 Å². The monoisotopic (exact) mass is 274 g/mol. The molecule has 4 nitrogen and oxygen atoms in total. The Kier molecular flexibility index (Phi) is 5.08. The van der Waals surface area contributed by atoms with Crippen molar-refractivity contribution in [1.82, 2.24) is 5.32 Å². The molecule has 108 valence electrons. The molecule has 1 aromatic carbocycles. The Bertz CT molecular complexity index is 522. The van der Waals surface area contributed by atoms with Gasteiger partial charge in [0.05, 0.1) is 0 Å². The molecule has 0 aliphatic carbocycles. The summed E-state index contributed by atoms with van der Waals surface area (Å²) in [7, 11) is 0. The largest absolute Gasteiger partial charge is 0.323 e. The molecular weight excluding hydrogens is 252 g/mol. The summed E-state index contributed by atoms with van der Waals surface area (Å²) in [6.07, 6.45) is 1.71. The molecule has 2 amide bonds. The number of amides is 2. The van der Waals surface area contributed by atoms with E-state index >= 15 is 0 Å². The standard InChI is InChI=1S/C16H22N2O2/c1-11(16(3,4)5)10-17-15(20)18-14-8-6-13(7-9-14)12(2)19/h6-10H,1-5H3,(H2,17,18,20)/b11-10+. The van der Waals surface area contributed by atoms with Gasteiger partial charge in [-0.1, -0.05) is 26.3 Å². The van der Waals surface area contributed by atoms with E-state index in [4.69, 9.17) is 0 Å². The molecule has 0 aliphatic heterocycles. The molecule has 1 rings (SSSR count). The van der Waals surface area contributed by atoms with Crippen LogP contribution < -0.4 is 10.6 Å². The maximum absolute atomic E-state index is 11.7. The fourth-order valence-corrected chi connectivity index (χ4v) is 1.35. The number of hydrogen-bond donors (Lipinski definition) is 2. The third-order valence-electron chi connectivity index (χ3n) is 3.15. The van der Waals surface area contributed by atoms with Gasteiger partial charge in [0.25, 0.3) is 0 Å². The van der Waals surface area contributed by atoms with Gasteiger partial charge < -0.3 is 10.6 Å². The van der Waals surface area contributed by atoms with E-state index in [0.29, 0.717) is 11.3 Å². The molecule has 4 heteroatoms. The number of carbonyl (C=O) groups is 2. The summed E-state index contributed by atoms with van der Waals surface area (Å²) in [5.74, 6) is 0.00439. The van der Waals surface area contributed by atoms with Crippen molar-refractivity contribution >= 4 is 17.5 Å². The molecule has 0 saturated carbocycles. The van der Waals surface area contributed by atoms with Crippen molar-refractivity contribution in [1.29, 1.82) is 0 Å². The fraction of sp³-hybridized carbons (Fsp3) is 0.375. The summed E-state index contributed by atoms with van der Waals surface area (Å²) < 4.78 is 0. The van der Waals surface area contributed by atoms with Gasteiger partial charge in [0.15, 0.2) is 5.78 Å². The second kappa shape index (κ2) is 6.37. The predicted molar refractivity (Wildman–Crippen MR) is 81.8 cm³/mol. The molecule has 0 aromatic heterocycles. The summed E-state index contributed by atoms with van der Waals surface area (Å²) >= 11 is 0. The van der Waals surface area contributed by atoms with E-state index in [1.807, 2.05) is 6.92 Å². The van der Waals surface area contributed by atoms with Gasteiger partial charge in [-0.3, -0.25) is 4.79 Å². The summed E-state index contributed by atoms with van der Waals surface area (Å²) in [5.41, 5.74) is 2.38. The Labute approximate surface area is 120 Å². The number of Topliss-reactive ketones (excluding diaryl/α,β-unsaturated/α-hetero) is 1. The van der Waals surface area contributed by atoms with Crippen LogP contribution in [-0.2, 0) is 0 Å². The Balaban J connectivity index is 2.61. The van der Waals surface area contributed by atoms with Crippen molar-refractivity contribution in [3.63, 3.8) is 0 Å². The lowest BCUT2D eigenvalue weighted by atomic mass is 9.88. The maximum atomic E-state index is 11.7. The Hall–Kier alpha value is -2.10. The van der Waals surface area contributed by atoms with Gasteiger partial charge in [-0.15, -0.1) is 0 Å². The van der Waals surface area contributed by atoms with E-state index in [1.165, 1.54) is 6.92 Å². The molecule has 2 N–H and O–H groups in total. The molecule has 0 saturated heterocycles. The van der Waals surface area contributed by atoms with Crippen LogP contribution in [0.5, 0.6) is 0 Å². The first kappa shape index (κ1) is 16.0. The zero-order valence-electron chi connectivity index (χ0n) is 12.7. The first-order valence-electron chi connectivity index (χ1n) is 6.56. The van der Waals surface area contributed by atoms with Crippen molar-refractivity contribution in [3.8, 4) is 0 Å². The predicted octanol–water partition coefficient (Wildman–Crippen LogP) is 3.96. The average molecular weight is 274 g/mol. The maximum Gasteiger partial charge on any atom is 0.323 e. The van der Waals surface area contributed by atoms with Crippen LogP contribution in [0.15, 0.2) is 36.0 Å². The summed E-state index contributed by atoms with van der Waals surface area (Å²) in [4.78, 5) is 22.9. The van der Waals surface area contributed by atoms with Crippen molar-refractivity contribution in [2.75, 3.05) is 5.32 Å². The molecule has 0 radical (unpaired) electrons. The van der Waals surface area contributed by atoms with Crippen molar-refractivity contribution in [2.24, 2.45) is 5.41 Å². The van der Waals surface area contributed by atoms with Gasteiger partial charge >= 0.3 is 6.03 Å². The second-order valence-electron chi connectivity index (χ2n) is 5.81. The number of urea groups is 1. The van der Waals surface area contributed by atoms with E-state index in [-0.39, 0.29) is 17.2 Å². The molecule has 0 unspecified atom stereocenters. The molecule has 0 spiro atoms. The minimum absolute atomic E-state index is 0.00439. The quantitative estimate of drug-likeness (QED) is 0.820. The fourth-order valence-electron chi connectivity index (χ4n) is 1.35. The highest BCUT2D eigenvalue weighted by Crippen LogP contribution is 2.23. The van der Waals surface area contributed by atoms with Crippen molar-refractivity contribution in [2.45, 2.75) is 34.6 Å². The number of hydrogen-bond acceptors (Lipinski definition) is 2. The van der Waals surface area contributed by atoms with E-state index in [1.54, 1.807) is 30.5 Å². The van der Waals surface area contributed by atoms with E-state index in [9.17, 15) is 9.59 Å². The van der Waals surface area contributed by atoms with Gasteiger partial charge in [-0.25, -0.2) is 4.79 Å². The third-order valence-corrected chi connectivity index (χ3v) is 3.15. The molecule has 0 heterocycles. The minimum Gasteiger partial charge on any atom is -0.314 e. The molecule has 20 heavy (non-hydrogen) atoms. The summed E-state index contributed by atoms with van der Waals surface area (Å²) in [5, 5.41) is 5.40. The van der Waals surface area contributed by atoms with Crippen LogP contribution in [0, 0.1) is 5.41 Å². The molecule has 1 aromatic rings. The lowest BCUT2D eigenvalue weighted by Gasteiger charge is -2.19. The number of nitrogens with one attached hydrogen (secondary N) is 2. The number of ketones is 1. The molecule has 0 aliphatic rings. The van der Waals surface area contributed by atoms with Crippen LogP contribution in [-0.4, -0.2) is 11.8 Å². The van der Waals surface area contributed by atoms with Gasteiger partial charge in [0.2, 0.25) is 0 Å². The first-order valence-corrected chi connectivity index (χ1v) is 6.56. The number of benzene rings is 1. The number of allylic oxidation sites excluding steroid dienone is 1. The first-order chi connectivity index (χ1) is 9.20. The Morgan fingerprint density at radius 2 is 1.60 bits per heavy atom. The summed E-state index contributed by atoms with van der Waals surface area (Å²) in [6, 6.07) is 6.49. The van der Waals surface area contributed by atoms with Crippen molar-refractivity contribution < 1.29 is 9.59 Å². The highest BCUT2D eigenvalue weighted by molar-refractivity contribution is 5.95. The van der Waals surface area contributed by atoms with Gasteiger partial charge in [0.1, 0.15) is 0 Å². The normalized spacial score (nSPS) is 11.9. The number of carbonyl (C=O) groups excluding carboxylic acids is 2. The Morgan fingerprint density at radius 1 is 1.05 bits per heavy atom. The van der Waals surface area contributed by atoms with Crippen LogP contribution in [0.4, 0.5) is 10.5 Å². The topological polar surface area (TPSA) is 58.2 Å². The van der Waals surface area contributed by atoms with Gasteiger partial charge in [-0.2, -0.15) is 0 Å². The molecule has 0 fully saturated rings. The van der Waals surface area contributed by atoms with Crippen LogP contribution >= 0.6 is 0 Å². The minimum atomic E-state index is -0.302. The van der Waals surface area contributed by atoms with Crippen molar-refractivity contribution in [3.05, 3.63) is 41.6 Å². The van der Waals surface area contributed by atoms with Crippen LogP contribution in [0.3, 0.4) is 0 Å². The van der Waals surface area contributed by atoms with Gasteiger partial charge in [-0.05, 0) is 43.5 Å². The molecular formula is C16H22N2O2. The van der Waals surface area contributed by atoms with Crippen LogP contribution in [0.2, 0.25) is 0 Å². The average Bonchev–Trinajstić information content (AvgIpc) is 2.35. The smallest absolute Gasteiger partial charge is 0.314 e. The highest BCUT2D eigenvalue weighted by Gasteiger charge is 2.12. The van der Waals surface area contributed by atoms with Crippen LogP contribution in [0.25, 0.3) is 0 Å². The molecule has 0 bridgehead atoms. The summed E-state index contributed by atoms with van der Waals surface area (Å²) in [6.45, 7) is 9.73. The lowest BCUT2D eigenvalue weighted by Crippen LogP contribution is -2.25. The van der Waals surface area contributed by atoms with Gasteiger partial charge in [0, 0.05) is 17.5 Å². The third kappa shape index (κ3) is 4.88. The Morgan fingerprint density at radius 3 is 2.05 bits per heavy atom. The SMILES string of the molecule is CC(=O)c1ccc(NC(=O)N/C=C(\C)C(C)(C)C)cc1. The zero-order valence-corrected chi connectivity index (χ0v) is 12.7. The number of anilines is 1.